The number of amides is 1. The fourth-order valence-electron chi connectivity index (χ4n) is 3.99. The molecule has 1 atom stereocenters. The minimum Gasteiger partial charge on any atom is -0.332 e. The van der Waals surface area contributed by atoms with Crippen molar-refractivity contribution in [2.45, 2.75) is 71.5 Å². The number of aryl methyl sites for hydroxylation is 3. The van der Waals surface area contributed by atoms with Crippen LogP contribution in [-0.4, -0.2) is 41.9 Å². The maximum absolute atomic E-state index is 13.0. The van der Waals surface area contributed by atoms with E-state index in [1.54, 1.807) is 0 Å². The fraction of sp³-hybridized carbons (Fsp3) is 0.684. The van der Waals surface area contributed by atoms with Gasteiger partial charge in [0.15, 0.2) is 5.82 Å². The molecule has 2 aliphatic rings. The molecule has 2 aromatic rings. The van der Waals surface area contributed by atoms with Crippen LogP contribution in [0.15, 0.2) is 12.4 Å². The molecule has 0 bridgehead atoms. The van der Waals surface area contributed by atoms with Gasteiger partial charge in [-0.3, -0.25) is 9.48 Å². The second-order valence-electron chi connectivity index (χ2n) is 7.78. The second-order valence-corrected chi connectivity index (χ2v) is 7.78. The molecule has 1 saturated carbocycles. The third-order valence-electron chi connectivity index (χ3n) is 5.56. The SMILES string of the molecule is Cc1cc(C)n(CCC(=O)N2CCCCC2c2nncn2CC2CC2)n1. The lowest BCUT2D eigenvalue weighted by Gasteiger charge is -2.35. The molecule has 1 aliphatic carbocycles. The van der Waals surface area contributed by atoms with E-state index >= 15 is 0 Å². The molecule has 7 nitrogen and oxygen atoms in total. The highest BCUT2D eigenvalue weighted by Crippen LogP contribution is 2.34. The van der Waals surface area contributed by atoms with Gasteiger partial charge < -0.3 is 9.47 Å². The molecule has 26 heavy (non-hydrogen) atoms. The van der Waals surface area contributed by atoms with Gasteiger partial charge in [0, 0.05) is 31.7 Å². The first kappa shape index (κ1) is 17.2. The number of rotatable bonds is 6. The van der Waals surface area contributed by atoms with Gasteiger partial charge in [0.25, 0.3) is 0 Å². The van der Waals surface area contributed by atoms with Gasteiger partial charge in [-0.25, -0.2) is 0 Å². The van der Waals surface area contributed by atoms with Gasteiger partial charge in [-0.05, 0) is 57.9 Å². The molecule has 2 fully saturated rings. The third-order valence-corrected chi connectivity index (χ3v) is 5.56. The molecule has 0 spiro atoms. The van der Waals surface area contributed by atoms with Crippen LogP contribution in [-0.2, 0) is 17.9 Å². The lowest BCUT2D eigenvalue weighted by atomic mass is 10.0. The Morgan fingerprint density at radius 1 is 1.23 bits per heavy atom. The highest BCUT2D eigenvalue weighted by molar-refractivity contribution is 5.76. The van der Waals surface area contributed by atoms with Crippen molar-refractivity contribution >= 4 is 5.91 Å². The topological polar surface area (TPSA) is 68.8 Å². The maximum Gasteiger partial charge on any atom is 0.225 e. The van der Waals surface area contributed by atoms with Gasteiger partial charge in [0.2, 0.25) is 5.91 Å². The lowest BCUT2D eigenvalue weighted by molar-refractivity contribution is -0.135. The summed E-state index contributed by atoms with van der Waals surface area (Å²) in [6, 6.07) is 2.12. The Hall–Kier alpha value is -2.18. The summed E-state index contributed by atoms with van der Waals surface area (Å²) < 4.78 is 4.11. The van der Waals surface area contributed by atoms with Crippen LogP contribution >= 0.6 is 0 Å². The molecular weight excluding hydrogens is 328 g/mol. The zero-order valence-corrected chi connectivity index (χ0v) is 15.8. The Labute approximate surface area is 154 Å². The van der Waals surface area contributed by atoms with E-state index in [0.717, 1.165) is 55.5 Å². The average molecular weight is 356 g/mol. The number of hydrogen-bond acceptors (Lipinski definition) is 4. The van der Waals surface area contributed by atoms with Crippen LogP contribution in [0.1, 0.15) is 61.8 Å². The maximum atomic E-state index is 13.0. The van der Waals surface area contributed by atoms with E-state index in [9.17, 15) is 4.79 Å². The summed E-state index contributed by atoms with van der Waals surface area (Å²) in [5.41, 5.74) is 2.11. The molecule has 2 aromatic heterocycles. The molecule has 0 N–H and O–H groups in total. The number of piperidine rings is 1. The molecule has 1 saturated heterocycles. The minimum absolute atomic E-state index is 0.0676. The van der Waals surface area contributed by atoms with Crippen LogP contribution in [0.3, 0.4) is 0 Å². The smallest absolute Gasteiger partial charge is 0.225 e. The van der Waals surface area contributed by atoms with Crippen LogP contribution < -0.4 is 0 Å². The van der Waals surface area contributed by atoms with Gasteiger partial charge in [-0.1, -0.05) is 0 Å². The monoisotopic (exact) mass is 356 g/mol. The number of carbonyl (C=O) groups is 1. The van der Waals surface area contributed by atoms with Crippen molar-refractivity contribution in [3.63, 3.8) is 0 Å². The van der Waals surface area contributed by atoms with Gasteiger partial charge in [0.1, 0.15) is 6.33 Å². The molecule has 0 radical (unpaired) electrons. The van der Waals surface area contributed by atoms with E-state index in [1.807, 2.05) is 29.8 Å². The largest absolute Gasteiger partial charge is 0.332 e. The molecule has 1 amide bonds. The van der Waals surface area contributed by atoms with Crippen molar-refractivity contribution in [3.05, 3.63) is 29.6 Å². The molecule has 4 rings (SSSR count). The Balaban J connectivity index is 1.45. The number of carbonyl (C=O) groups excluding carboxylic acids is 1. The second kappa shape index (κ2) is 7.21. The van der Waals surface area contributed by atoms with Crippen LogP contribution in [0.25, 0.3) is 0 Å². The molecule has 3 heterocycles. The summed E-state index contributed by atoms with van der Waals surface area (Å²) in [7, 11) is 0. The molecule has 1 aliphatic heterocycles. The fourth-order valence-corrected chi connectivity index (χ4v) is 3.99. The van der Waals surface area contributed by atoms with Crippen molar-refractivity contribution in [3.8, 4) is 0 Å². The van der Waals surface area contributed by atoms with Crippen molar-refractivity contribution in [2.24, 2.45) is 5.92 Å². The molecule has 140 valence electrons. The zero-order chi connectivity index (χ0) is 18.1. The Morgan fingerprint density at radius 2 is 2.08 bits per heavy atom. The predicted octanol–water partition coefficient (Wildman–Crippen LogP) is 2.65. The Bertz CT molecular complexity index is 775. The number of hydrogen-bond donors (Lipinski definition) is 0. The van der Waals surface area contributed by atoms with Crippen molar-refractivity contribution in [1.29, 1.82) is 0 Å². The highest BCUT2D eigenvalue weighted by atomic mass is 16.2. The van der Waals surface area contributed by atoms with E-state index < -0.39 is 0 Å². The van der Waals surface area contributed by atoms with Gasteiger partial charge in [-0.15, -0.1) is 10.2 Å². The van der Waals surface area contributed by atoms with Gasteiger partial charge in [-0.2, -0.15) is 5.10 Å². The quantitative estimate of drug-likeness (QED) is 0.798. The van der Waals surface area contributed by atoms with E-state index in [0.29, 0.717) is 13.0 Å². The Morgan fingerprint density at radius 3 is 2.81 bits per heavy atom. The van der Waals surface area contributed by atoms with Gasteiger partial charge >= 0.3 is 0 Å². The molecule has 0 aromatic carbocycles. The number of likely N-dealkylation sites (tertiary alicyclic amines) is 1. The summed E-state index contributed by atoms with van der Waals surface area (Å²) in [6.45, 7) is 6.47. The first-order valence-electron chi connectivity index (χ1n) is 9.80. The first-order valence-corrected chi connectivity index (χ1v) is 9.80. The van der Waals surface area contributed by atoms with Gasteiger partial charge in [0.05, 0.1) is 11.7 Å². The predicted molar refractivity (Wildman–Crippen MR) is 97.4 cm³/mol. The van der Waals surface area contributed by atoms with E-state index in [-0.39, 0.29) is 11.9 Å². The van der Waals surface area contributed by atoms with Crippen LogP contribution in [0.4, 0.5) is 0 Å². The number of nitrogens with zero attached hydrogens (tertiary/aromatic N) is 6. The minimum atomic E-state index is 0.0676. The number of aromatic nitrogens is 5. The first-order chi connectivity index (χ1) is 12.6. The molecule has 1 unspecified atom stereocenters. The van der Waals surface area contributed by atoms with Crippen LogP contribution in [0, 0.1) is 19.8 Å². The summed E-state index contributed by atoms with van der Waals surface area (Å²) in [5, 5.41) is 13.0. The summed E-state index contributed by atoms with van der Waals surface area (Å²) in [5.74, 6) is 1.93. The van der Waals surface area contributed by atoms with Crippen molar-refractivity contribution in [2.75, 3.05) is 6.54 Å². The highest BCUT2D eigenvalue weighted by Gasteiger charge is 2.32. The van der Waals surface area contributed by atoms with E-state index in [1.165, 1.54) is 12.8 Å². The summed E-state index contributed by atoms with van der Waals surface area (Å²) in [4.78, 5) is 15.0. The lowest BCUT2D eigenvalue weighted by Crippen LogP contribution is -2.40. The third kappa shape index (κ3) is 3.66. The van der Waals surface area contributed by atoms with Crippen molar-refractivity contribution < 1.29 is 4.79 Å². The standard InChI is InChI=1S/C19H28N6O/c1-14-11-15(2)25(22-14)10-8-18(26)24-9-4-3-5-17(24)19-21-20-13-23(19)12-16-6-7-16/h11,13,16-17H,3-10,12H2,1-2H3. The van der Waals surface area contributed by atoms with E-state index in [4.69, 9.17) is 0 Å². The van der Waals surface area contributed by atoms with Crippen molar-refractivity contribution in [1.82, 2.24) is 29.4 Å². The van der Waals surface area contributed by atoms with Crippen LogP contribution in [0.2, 0.25) is 0 Å². The summed E-state index contributed by atoms with van der Waals surface area (Å²) in [6.07, 6.45) is 8.10. The zero-order valence-electron chi connectivity index (χ0n) is 15.8. The summed E-state index contributed by atoms with van der Waals surface area (Å²) >= 11 is 0. The Kier molecular flexibility index (Phi) is 4.78. The molecular formula is C19H28N6O. The molecule has 7 heteroatoms. The van der Waals surface area contributed by atoms with E-state index in [2.05, 4.69) is 25.9 Å². The normalized spacial score (nSPS) is 20.5. The van der Waals surface area contributed by atoms with Crippen LogP contribution in [0.5, 0.6) is 0 Å². The average Bonchev–Trinajstić information content (AvgIpc) is 3.22.